The van der Waals surface area contributed by atoms with Gasteiger partial charge in [0.05, 0.1) is 19.8 Å². The molecule has 0 bridgehead atoms. The predicted octanol–water partition coefficient (Wildman–Crippen LogP) is 2.01. The van der Waals surface area contributed by atoms with E-state index in [4.69, 9.17) is 9.47 Å². The highest BCUT2D eigenvalue weighted by atomic mass is 16.5. The Morgan fingerprint density at radius 3 is 2.27 bits per heavy atom. The Bertz CT molecular complexity index is 281. The zero-order chi connectivity index (χ0) is 11.3. The summed E-state index contributed by atoms with van der Waals surface area (Å²) in [6, 6.07) is 7.43. The predicted molar refractivity (Wildman–Crippen MR) is 59.0 cm³/mol. The number of benzene rings is 1. The molecule has 0 amide bonds. The smallest absolute Gasteiger partial charge is 0.118 e. The Kier molecular flexibility index (Phi) is 4.59. The van der Waals surface area contributed by atoms with E-state index in [1.54, 1.807) is 14.2 Å². The molecule has 0 fully saturated rings. The van der Waals surface area contributed by atoms with Gasteiger partial charge in [0.15, 0.2) is 0 Å². The highest BCUT2D eigenvalue weighted by molar-refractivity contribution is 5.28. The standard InChI is InChI=1S/C12H18O3/c1-9(8-14-2)12(13)10-4-6-11(15-3)7-5-10/h4-7,9,12-13H,8H2,1-3H3. The average Bonchev–Trinajstić information content (AvgIpc) is 2.28. The van der Waals surface area contributed by atoms with Gasteiger partial charge in [-0.2, -0.15) is 0 Å². The summed E-state index contributed by atoms with van der Waals surface area (Å²) < 4.78 is 10.1. The summed E-state index contributed by atoms with van der Waals surface area (Å²) >= 11 is 0. The van der Waals surface area contributed by atoms with E-state index in [0.29, 0.717) is 6.61 Å². The van der Waals surface area contributed by atoms with Crippen molar-refractivity contribution in [2.24, 2.45) is 5.92 Å². The molecule has 0 aliphatic rings. The molecule has 1 rings (SSSR count). The lowest BCUT2D eigenvalue weighted by atomic mass is 9.98. The first kappa shape index (κ1) is 12.0. The van der Waals surface area contributed by atoms with Gasteiger partial charge in [-0.1, -0.05) is 19.1 Å². The number of methoxy groups -OCH3 is 2. The molecule has 2 unspecified atom stereocenters. The van der Waals surface area contributed by atoms with E-state index in [1.807, 2.05) is 31.2 Å². The Balaban J connectivity index is 2.69. The van der Waals surface area contributed by atoms with Crippen LogP contribution in [0.15, 0.2) is 24.3 Å². The molecule has 3 heteroatoms. The number of aliphatic hydroxyl groups is 1. The Morgan fingerprint density at radius 1 is 1.20 bits per heavy atom. The lowest BCUT2D eigenvalue weighted by molar-refractivity contribution is 0.0566. The maximum absolute atomic E-state index is 9.96. The number of aliphatic hydroxyl groups excluding tert-OH is 1. The van der Waals surface area contributed by atoms with Crippen molar-refractivity contribution in [2.45, 2.75) is 13.0 Å². The van der Waals surface area contributed by atoms with Gasteiger partial charge in [0, 0.05) is 13.0 Å². The van der Waals surface area contributed by atoms with Crippen molar-refractivity contribution in [1.29, 1.82) is 0 Å². The molecule has 0 aliphatic heterocycles. The van der Waals surface area contributed by atoms with Gasteiger partial charge < -0.3 is 14.6 Å². The van der Waals surface area contributed by atoms with Crippen LogP contribution in [0.25, 0.3) is 0 Å². The van der Waals surface area contributed by atoms with E-state index in [0.717, 1.165) is 11.3 Å². The van der Waals surface area contributed by atoms with Crippen LogP contribution in [-0.4, -0.2) is 25.9 Å². The molecule has 0 radical (unpaired) electrons. The van der Waals surface area contributed by atoms with Crippen molar-refractivity contribution >= 4 is 0 Å². The molecule has 0 spiro atoms. The molecular formula is C12H18O3. The minimum Gasteiger partial charge on any atom is -0.497 e. The van der Waals surface area contributed by atoms with E-state index in [2.05, 4.69) is 0 Å². The molecule has 84 valence electrons. The molecular weight excluding hydrogens is 192 g/mol. The fourth-order valence-electron chi connectivity index (χ4n) is 1.48. The minimum atomic E-state index is -0.490. The van der Waals surface area contributed by atoms with Gasteiger partial charge in [0.25, 0.3) is 0 Å². The van der Waals surface area contributed by atoms with Crippen LogP contribution in [0.2, 0.25) is 0 Å². The molecule has 0 heterocycles. The summed E-state index contributed by atoms with van der Waals surface area (Å²) in [6.07, 6.45) is -0.490. The molecule has 2 atom stereocenters. The molecule has 0 saturated carbocycles. The Morgan fingerprint density at radius 2 is 1.80 bits per heavy atom. The number of ether oxygens (including phenoxy) is 2. The quantitative estimate of drug-likeness (QED) is 0.808. The van der Waals surface area contributed by atoms with Crippen LogP contribution in [0, 0.1) is 5.92 Å². The van der Waals surface area contributed by atoms with E-state index >= 15 is 0 Å². The summed E-state index contributed by atoms with van der Waals surface area (Å²) in [5.41, 5.74) is 0.889. The number of hydrogen-bond acceptors (Lipinski definition) is 3. The third kappa shape index (κ3) is 3.22. The van der Waals surface area contributed by atoms with Crippen LogP contribution < -0.4 is 4.74 Å². The highest BCUT2D eigenvalue weighted by Gasteiger charge is 2.15. The maximum atomic E-state index is 9.96. The van der Waals surface area contributed by atoms with Gasteiger partial charge in [0.2, 0.25) is 0 Å². The number of rotatable bonds is 5. The van der Waals surface area contributed by atoms with Crippen molar-refractivity contribution < 1.29 is 14.6 Å². The van der Waals surface area contributed by atoms with Crippen LogP contribution >= 0.6 is 0 Å². The Hall–Kier alpha value is -1.06. The van der Waals surface area contributed by atoms with Gasteiger partial charge in [-0.05, 0) is 17.7 Å². The van der Waals surface area contributed by atoms with Gasteiger partial charge in [-0.3, -0.25) is 0 Å². The second-order valence-corrected chi connectivity index (χ2v) is 3.65. The molecule has 1 N–H and O–H groups in total. The molecule has 0 aromatic heterocycles. The van der Waals surface area contributed by atoms with E-state index < -0.39 is 6.10 Å². The summed E-state index contributed by atoms with van der Waals surface area (Å²) in [4.78, 5) is 0. The normalized spacial score (nSPS) is 14.7. The molecule has 3 nitrogen and oxygen atoms in total. The minimum absolute atomic E-state index is 0.0865. The maximum Gasteiger partial charge on any atom is 0.118 e. The average molecular weight is 210 g/mol. The van der Waals surface area contributed by atoms with Gasteiger partial charge in [-0.25, -0.2) is 0 Å². The molecule has 1 aromatic rings. The second kappa shape index (κ2) is 5.73. The molecule has 0 saturated heterocycles. The number of hydrogen-bond donors (Lipinski definition) is 1. The summed E-state index contributed by atoms with van der Waals surface area (Å²) in [5.74, 6) is 0.883. The van der Waals surface area contributed by atoms with Gasteiger partial charge in [-0.15, -0.1) is 0 Å². The van der Waals surface area contributed by atoms with Crippen LogP contribution in [0.4, 0.5) is 0 Å². The largest absolute Gasteiger partial charge is 0.497 e. The summed E-state index contributed by atoms with van der Waals surface area (Å²) in [5, 5.41) is 9.96. The third-order valence-electron chi connectivity index (χ3n) is 2.43. The van der Waals surface area contributed by atoms with Crippen molar-refractivity contribution in [3.63, 3.8) is 0 Å². The molecule has 15 heavy (non-hydrogen) atoms. The lowest BCUT2D eigenvalue weighted by Crippen LogP contribution is -2.14. The van der Waals surface area contributed by atoms with Crippen LogP contribution in [0.5, 0.6) is 5.75 Å². The van der Waals surface area contributed by atoms with Crippen molar-refractivity contribution in [1.82, 2.24) is 0 Å². The first-order chi connectivity index (χ1) is 7.19. The first-order valence-electron chi connectivity index (χ1n) is 5.00. The van der Waals surface area contributed by atoms with Gasteiger partial charge in [0.1, 0.15) is 5.75 Å². The topological polar surface area (TPSA) is 38.7 Å². The van der Waals surface area contributed by atoms with Crippen LogP contribution in [0.1, 0.15) is 18.6 Å². The fourth-order valence-corrected chi connectivity index (χ4v) is 1.48. The van der Waals surface area contributed by atoms with Crippen LogP contribution in [0.3, 0.4) is 0 Å². The molecule has 1 aromatic carbocycles. The van der Waals surface area contributed by atoms with Gasteiger partial charge >= 0.3 is 0 Å². The fraction of sp³-hybridized carbons (Fsp3) is 0.500. The van der Waals surface area contributed by atoms with Crippen molar-refractivity contribution in [2.75, 3.05) is 20.8 Å². The zero-order valence-corrected chi connectivity index (χ0v) is 9.43. The summed E-state index contributed by atoms with van der Waals surface area (Å²) in [7, 11) is 3.26. The Labute approximate surface area is 90.6 Å². The van der Waals surface area contributed by atoms with E-state index in [1.165, 1.54) is 0 Å². The van der Waals surface area contributed by atoms with E-state index in [9.17, 15) is 5.11 Å². The highest BCUT2D eigenvalue weighted by Crippen LogP contribution is 2.23. The van der Waals surface area contributed by atoms with Crippen molar-refractivity contribution in [3.05, 3.63) is 29.8 Å². The first-order valence-corrected chi connectivity index (χ1v) is 5.00. The second-order valence-electron chi connectivity index (χ2n) is 3.65. The molecule has 0 aliphatic carbocycles. The lowest BCUT2D eigenvalue weighted by Gasteiger charge is -2.18. The van der Waals surface area contributed by atoms with Crippen LogP contribution in [-0.2, 0) is 4.74 Å². The van der Waals surface area contributed by atoms with Crippen molar-refractivity contribution in [3.8, 4) is 5.75 Å². The SMILES string of the molecule is COCC(C)C(O)c1ccc(OC)cc1. The summed E-state index contributed by atoms with van der Waals surface area (Å²) in [6.45, 7) is 2.51. The van der Waals surface area contributed by atoms with E-state index in [-0.39, 0.29) is 5.92 Å². The zero-order valence-electron chi connectivity index (χ0n) is 9.43. The monoisotopic (exact) mass is 210 g/mol. The third-order valence-corrected chi connectivity index (χ3v) is 2.43.